The first kappa shape index (κ1) is 11.4. The fourth-order valence-electron chi connectivity index (χ4n) is 1.75. The summed E-state index contributed by atoms with van der Waals surface area (Å²) in [6, 6.07) is 9.91. The van der Waals surface area contributed by atoms with Crippen molar-refractivity contribution in [3.8, 4) is 5.75 Å². The lowest BCUT2D eigenvalue weighted by Crippen LogP contribution is -2.24. The third kappa shape index (κ3) is 3.83. The van der Waals surface area contributed by atoms with E-state index in [4.69, 9.17) is 14.2 Å². The molecule has 0 amide bonds. The summed E-state index contributed by atoms with van der Waals surface area (Å²) >= 11 is 0. The van der Waals surface area contributed by atoms with Crippen molar-refractivity contribution < 1.29 is 14.2 Å². The van der Waals surface area contributed by atoms with Crippen molar-refractivity contribution in [1.82, 2.24) is 0 Å². The molecule has 1 fully saturated rings. The zero-order valence-electron chi connectivity index (χ0n) is 9.43. The molecular formula is C13H18O3. The molecule has 1 aliphatic heterocycles. The standard InChI is InChI=1S/C13H18O3/c1-2-5-12(6-3-1)15-9-4-7-13-8-10-14-11-16-13/h1-3,5-6,13H,4,7-11H2. The molecule has 88 valence electrons. The summed E-state index contributed by atoms with van der Waals surface area (Å²) in [4.78, 5) is 0. The molecular weight excluding hydrogens is 204 g/mol. The van der Waals surface area contributed by atoms with Crippen LogP contribution >= 0.6 is 0 Å². The second kappa shape index (κ2) is 6.51. The number of hydrogen-bond donors (Lipinski definition) is 0. The van der Waals surface area contributed by atoms with Crippen LogP contribution in [0.25, 0.3) is 0 Å². The maximum absolute atomic E-state index is 5.61. The Kier molecular flexibility index (Phi) is 4.65. The van der Waals surface area contributed by atoms with E-state index in [0.29, 0.717) is 12.9 Å². The minimum Gasteiger partial charge on any atom is -0.494 e. The number of ether oxygens (including phenoxy) is 3. The quantitative estimate of drug-likeness (QED) is 0.717. The van der Waals surface area contributed by atoms with E-state index in [1.54, 1.807) is 0 Å². The fraction of sp³-hybridized carbons (Fsp3) is 0.538. The molecule has 1 aliphatic rings. The molecule has 16 heavy (non-hydrogen) atoms. The van der Waals surface area contributed by atoms with Gasteiger partial charge in [0.2, 0.25) is 0 Å². The van der Waals surface area contributed by atoms with Crippen molar-refractivity contribution in [2.75, 3.05) is 20.0 Å². The van der Waals surface area contributed by atoms with Crippen LogP contribution in [0.4, 0.5) is 0 Å². The van der Waals surface area contributed by atoms with Gasteiger partial charge in [0.15, 0.2) is 0 Å². The first-order valence-electron chi connectivity index (χ1n) is 5.82. The summed E-state index contributed by atoms with van der Waals surface area (Å²) in [5, 5.41) is 0. The maximum atomic E-state index is 5.61. The Balaban J connectivity index is 1.58. The Morgan fingerprint density at radius 1 is 1.25 bits per heavy atom. The smallest absolute Gasteiger partial charge is 0.147 e. The molecule has 0 radical (unpaired) electrons. The fourth-order valence-corrected chi connectivity index (χ4v) is 1.75. The molecule has 3 nitrogen and oxygen atoms in total. The minimum atomic E-state index is 0.355. The van der Waals surface area contributed by atoms with Gasteiger partial charge in [-0.05, 0) is 31.4 Å². The molecule has 2 rings (SSSR count). The second-order valence-electron chi connectivity index (χ2n) is 3.91. The predicted molar refractivity (Wildman–Crippen MR) is 61.5 cm³/mol. The molecule has 0 bridgehead atoms. The van der Waals surface area contributed by atoms with Crippen LogP contribution in [0.15, 0.2) is 30.3 Å². The molecule has 0 aliphatic carbocycles. The molecule has 1 heterocycles. The van der Waals surface area contributed by atoms with E-state index in [1.165, 1.54) is 0 Å². The molecule has 1 aromatic rings. The van der Waals surface area contributed by atoms with Gasteiger partial charge in [-0.1, -0.05) is 18.2 Å². The molecule has 0 saturated carbocycles. The summed E-state index contributed by atoms with van der Waals surface area (Å²) in [5.41, 5.74) is 0. The van der Waals surface area contributed by atoms with E-state index in [2.05, 4.69) is 0 Å². The third-order valence-electron chi connectivity index (χ3n) is 2.65. The van der Waals surface area contributed by atoms with E-state index in [1.807, 2.05) is 30.3 Å². The summed E-state index contributed by atoms with van der Waals surface area (Å²) < 4.78 is 16.2. The number of rotatable bonds is 5. The topological polar surface area (TPSA) is 27.7 Å². The number of benzene rings is 1. The van der Waals surface area contributed by atoms with Gasteiger partial charge in [0.25, 0.3) is 0 Å². The highest BCUT2D eigenvalue weighted by Gasteiger charge is 2.13. The zero-order chi connectivity index (χ0) is 11.1. The van der Waals surface area contributed by atoms with Crippen LogP contribution in [-0.2, 0) is 9.47 Å². The number of hydrogen-bond acceptors (Lipinski definition) is 3. The third-order valence-corrected chi connectivity index (χ3v) is 2.65. The minimum absolute atomic E-state index is 0.355. The molecule has 1 atom stereocenters. The lowest BCUT2D eigenvalue weighted by Gasteiger charge is -2.22. The Morgan fingerprint density at radius 2 is 2.12 bits per heavy atom. The highest BCUT2D eigenvalue weighted by atomic mass is 16.7. The van der Waals surface area contributed by atoms with Gasteiger partial charge in [-0.15, -0.1) is 0 Å². The van der Waals surface area contributed by atoms with Crippen molar-refractivity contribution in [3.63, 3.8) is 0 Å². The molecule has 0 aromatic heterocycles. The molecule has 0 N–H and O–H groups in total. The van der Waals surface area contributed by atoms with Crippen molar-refractivity contribution in [2.45, 2.75) is 25.4 Å². The van der Waals surface area contributed by atoms with Crippen molar-refractivity contribution >= 4 is 0 Å². The maximum Gasteiger partial charge on any atom is 0.147 e. The molecule has 3 heteroatoms. The van der Waals surface area contributed by atoms with E-state index >= 15 is 0 Å². The first-order chi connectivity index (χ1) is 7.95. The van der Waals surface area contributed by atoms with Crippen molar-refractivity contribution in [1.29, 1.82) is 0 Å². The SMILES string of the molecule is c1ccc(OCCCC2CCOCO2)cc1. The Morgan fingerprint density at radius 3 is 2.88 bits per heavy atom. The van der Waals surface area contributed by atoms with Crippen LogP contribution in [0.2, 0.25) is 0 Å². The lowest BCUT2D eigenvalue weighted by atomic mass is 10.1. The van der Waals surface area contributed by atoms with Gasteiger partial charge in [0.05, 0.1) is 19.3 Å². The summed E-state index contributed by atoms with van der Waals surface area (Å²) in [7, 11) is 0. The molecule has 0 spiro atoms. The molecule has 1 saturated heterocycles. The average Bonchev–Trinajstić information content (AvgIpc) is 2.37. The van der Waals surface area contributed by atoms with Gasteiger partial charge < -0.3 is 14.2 Å². The van der Waals surface area contributed by atoms with Crippen LogP contribution in [-0.4, -0.2) is 26.1 Å². The average molecular weight is 222 g/mol. The largest absolute Gasteiger partial charge is 0.494 e. The van der Waals surface area contributed by atoms with Gasteiger partial charge >= 0.3 is 0 Å². The molecule has 1 aromatic carbocycles. The summed E-state index contributed by atoms with van der Waals surface area (Å²) in [5.74, 6) is 0.940. The van der Waals surface area contributed by atoms with E-state index in [9.17, 15) is 0 Å². The van der Waals surface area contributed by atoms with E-state index in [0.717, 1.165) is 38.2 Å². The lowest BCUT2D eigenvalue weighted by molar-refractivity contribution is -0.141. The molecule has 1 unspecified atom stereocenters. The van der Waals surface area contributed by atoms with Gasteiger partial charge in [-0.25, -0.2) is 0 Å². The number of para-hydroxylation sites is 1. The van der Waals surface area contributed by atoms with Gasteiger partial charge in [-0.3, -0.25) is 0 Å². The van der Waals surface area contributed by atoms with Crippen LogP contribution in [0.1, 0.15) is 19.3 Å². The van der Waals surface area contributed by atoms with Gasteiger partial charge in [0.1, 0.15) is 12.5 Å². The highest BCUT2D eigenvalue weighted by Crippen LogP contribution is 2.13. The Hall–Kier alpha value is -1.06. The van der Waals surface area contributed by atoms with E-state index < -0.39 is 0 Å². The summed E-state index contributed by atoms with van der Waals surface area (Å²) in [6.07, 6.45) is 3.44. The van der Waals surface area contributed by atoms with Crippen LogP contribution in [0.3, 0.4) is 0 Å². The first-order valence-corrected chi connectivity index (χ1v) is 5.82. The second-order valence-corrected chi connectivity index (χ2v) is 3.91. The van der Waals surface area contributed by atoms with Crippen molar-refractivity contribution in [3.05, 3.63) is 30.3 Å². The zero-order valence-corrected chi connectivity index (χ0v) is 9.43. The summed E-state index contributed by atoms with van der Waals surface area (Å²) in [6.45, 7) is 2.03. The Bertz CT molecular complexity index is 280. The normalized spacial score (nSPS) is 20.6. The highest BCUT2D eigenvalue weighted by molar-refractivity contribution is 5.20. The van der Waals surface area contributed by atoms with Crippen molar-refractivity contribution in [2.24, 2.45) is 0 Å². The van der Waals surface area contributed by atoms with Crippen LogP contribution in [0.5, 0.6) is 5.75 Å². The van der Waals surface area contributed by atoms with Crippen LogP contribution in [0, 0.1) is 0 Å². The van der Waals surface area contributed by atoms with Gasteiger partial charge in [0, 0.05) is 0 Å². The predicted octanol–water partition coefficient (Wildman–Crippen LogP) is 2.61. The van der Waals surface area contributed by atoms with E-state index in [-0.39, 0.29) is 0 Å². The Labute approximate surface area is 96.3 Å². The van der Waals surface area contributed by atoms with Gasteiger partial charge in [-0.2, -0.15) is 0 Å². The van der Waals surface area contributed by atoms with Crippen LogP contribution < -0.4 is 4.74 Å². The monoisotopic (exact) mass is 222 g/mol.